The first-order valence-corrected chi connectivity index (χ1v) is 10.6. The van der Waals surface area contributed by atoms with Gasteiger partial charge in [-0.15, -0.1) is 16.4 Å². The quantitative estimate of drug-likeness (QED) is 0.839. The van der Waals surface area contributed by atoms with Crippen LogP contribution in [0.3, 0.4) is 0 Å². The Kier molecular flexibility index (Phi) is 5.66. The molecule has 0 bridgehead atoms. The topological polar surface area (TPSA) is 73.1 Å². The van der Waals surface area contributed by atoms with Crippen LogP contribution < -0.4 is 0 Å². The van der Waals surface area contributed by atoms with Crippen molar-refractivity contribution < 1.29 is 9.84 Å². The zero-order chi connectivity index (χ0) is 17.9. The highest BCUT2D eigenvalue weighted by molar-refractivity contribution is 7.11. The van der Waals surface area contributed by atoms with Crippen LogP contribution in [0.4, 0.5) is 0 Å². The molecule has 0 radical (unpaired) electrons. The Balaban J connectivity index is 1.28. The Bertz CT molecular complexity index is 721. The molecule has 0 aromatic carbocycles. The Morgan fingerprint density at radius 2 is 2.12 bits per heavy atom. The summed E-state index contributed by atoms with van der Waals surface area (Å²) in [6.07, 6.45) is 9.97. The maximum Gasteiger partial charge on any atom is 0.115 e. The van der Waals surface area contributed by atoms with Crippen LogP contribution in [0.15, 0.2) is 6.20 Å². The second kappa shape index (κ2) is 8.15. The molecular weight excluding hydrogens is 348 g/mol. The SMILES string of the molecule is CC1CCc2nc(Cn3cc(COC4CCC(CO)CC4)nn3)sc2C1. The summed E-state index contributed by atoms with van der Waals surface area (Å²) in [5.74, 6) is 1.24. The molecule has 2 aliphatic rings. The molecule has 0 saturated heterocycles. The molecule has 0 amide bonds. The number of nitrogens with zero attached hydrogens (tertiary/aromatic N) is 4. The highest BCUT2D eigenvalue weighted by Crippen LogP contribution is 2.30. The van der Waals surface area contributed by atoms with Crippen LogP contribution in [0.2, 0.25) is 0 Å². The van der Waals surface area contributed by atoms with E-state index in [0.29, 0.717) is 25.7 Å². The third-order valence-electron chi connectivity index (χ3n) is 5.63. The standard InChI is InChI=1S/C19H28N4O2S/c1-13-2-7-17-18(8-13)26-19(20-17)10-23-9-15(21-22-23)12-25-16-5-3-14(11-24)4-6-16/h9,13-14,16,24H,2-8,10-12H2,1H3. The molecule has 2 aromatic heterocycles. The third-order valence-corrected chi connectivity index (χ3v) is 6.74. The lowest BCUT2D eigenvalue weighted by Gasteiger charge is -2.26. The fraction of sp³-hybridized carbons (Fsp3) is 0.737. The Morgan fingerprint density at radius 3 is 2.92 bits per heavy atom. The van der Waals surface area contributed by atoms with E-state index in [9.17, 15) is 5.11 Å². The van der Waals surface area contributed by atoms with Gasteiger partial charge in [-0.2, -0.15) is 0 Å². The van der Waals surface area contributed by atoms with E-state index in [0.717, 1.165) is 48.7 Å². The van der Waals surface area contributed by atoms with Crippen molar-refractivity contribution in [3.8, 4) is 0 Å². The first kappa shape index (κ1) is 18.1. The molecular formula is C19H28N4O2S. The number of aliphatic hydroxyl groups excluding tert-OH is 1. The number of aryl methyl sites for hydroxylation is 1. The van der Waals surface area contributed by atoms with Gasteiger partial charge in [-0.05, 0) is 56.8 Å². The molecule has 2 aromatic rings. The normalized spacial score (nSPS) is 26.0. The van der Waals surface area contributed by atoms with Crippen molar-refractivity contribution in [3.05, 3.63) is 27.5 Å². The van der Waals surface area contributed by atoms with Gasteiger partial charge in [0.2, 0.25) is 0 Å². The molecule has 1 saturated carbocycles. The average Bonchev–Trinajstić information content (AvgIpc) is 3.26. The number of fused-ring (bicyclic) bond motifs is 1. The van der Waals surface area contributed by atoms with Gasteiger partial charge in [-0.3, -0.25) is 0 Å². The Hall–Kier alpha value is -1.31. The lowest BCUT2D eigenvalue weighted by atomic mass is 9.88. The van der Waals surface area contributed by atoms with Gasteiger partial charge < -0.3 is 9.84 Å². The van der Waals surface area contributed by atoms with Crippen LogP contribution in [0.25, 0.3) is 0 Å². The van der Waals surface area contributed by atoms with E-state index in [2.05, 4.69) is 17.2 Å². The van der Waals surface area contributed by atoms with Crippen LogP contribution in [-0.4, -0.2) is 37.8 Å². The van der Waals surface area contributed by atoms with Crippen molar-refractivity contribution in [2.24, 2.45) is 11.8 Å². The number of hydrogen-bond donors (Lipinski definition) is 1. The number of rotatable bonds is 6. The monoisotopic (exact) mass is 376 g/mol. The highest BCUT2D eigenvalue weighted by Gasteiger charge is 2.22. The zero-order valence-electron chi connectivity index (χ0n) is 15.4. The maximum absolute atomic E-state index is 9.21. The number of hydrogen-bond acceptors (Lipinski definition) is 6. The lowest BCUT2D eigenvalue weighted by molar-refractivity contribution is -0.000187. The van der Waals surface area contributed by atoms with Crippen molar-refractivity contribution in [2.75, 3.05) is 6.61 Å². The van der Waals surface area contributed by atoms with Crippen LogP contribution >= 0.6 is 11.3 Å². The predicted octanol–water partition coefficient (Wildman–Crippen LogP) is 2.98. The number of aromatic nitrogens is 4. The van der Waals surface area contributed by atoms with Crippen LogP contribution in [0, 0.1) is 11.8 Å². The number of ether oxygens (including phenoxy) is 1. The molecule has 2 aliphatic carbocycles. The Morgan fingerprint density at radius 1 is 1.27 bits per heavy atom. The zero-order valence-corrected chi connectivity index (χ0v) is 16.2. The molecule has 7 heteroatoms. The largest absolute Gasteiger partial charge is 0.396 e. The van der Waals surface area contributed by atoms with Crippen LogP contribution in [-0.2, 0) is 30.7 Å². The van der Waals surface area contributed by atoms with Crippen LogP contribution in [0.1, 0.15) is 60.3 Å². The van der Waals surface area contributed by atoms with Gasteiger partial charge in [-0.25, -0.2) is 9.67 Å². The maximum atomic E-state index is 9.21. The van der Waals surface area contributed by atoms with Crippen LogP contribution in [0.5, 0.6) is 0 Å². The molecule has 2 heterocycles. The predicted molar refractivity (Wildman–Crippen MR) is 100 cm³/mol. The van der Waals surface area contributed by atoms with E-state index < -0.39 is 0 Å². The lowest BCUT2D eigenvalue weighted by Crippen LogP contribution is -2.23. The van der Waals surface area contributed by atoms with E-state index in [4.69, 9.17) is 9.72 Å². The van der Waals surface area contributed by atoms with Crippen molar-refractivity contribution >= 4 is 11.3 Å². The van der Waals surface area contributed by atoms with Crippen molar-refractivity contribution in [3.63, 3.8) is 0 Å². The van der Waals surface area contributed by atoms with E-state index >= 15 is 0 Å². The van der Waals surface area contributed by atoms with Gasteiger partial charge in [0.15, 0.2) is 0 Å². The van der Waals surface area contributed by atoms with Gasteiger partial charge in [0.25, 0.3) is 0 Å². The molecule has 1 fully saturated rings. The molecule has 0 spiro atoms. The summed E-state index contributed by atoms with van der Waals surface area (Å²) in [6.45, 7) is 3.84. The van der Waals surface area contributed by atoms with Gasteiger partial charge in [0, 0.05) is 11.5 Å². The minimum absolute atomic E-state index is 0.288. The molecule has 1 unspecified atom stereocenters. The molecule has 26 heavy (non-hydrogen) atoms. The molecule has 142 valence electrons. The van der Waals surface area contributed by atoms with Gasteiger partial charge in [-0.1, -0.05) is 12.1 Å². The van der Waals surface area contributed by atoms with E-state index in [-0.39, 0.29) is 6.10 Å². The minimum atomic E-state index is 0.288. The van der Waals surface area contributed by atoms with Crippen molar-refractivity contribution in [1.82, 2.24) is 20.0 Å². The first-order valence-electron chi connectivity index (χ1n) is 9.78. The Labute approximate surface area is 158 Å². The summed E-state index contributed by atoms with van der Waals surface area (Å²) in [5.41, 5.74) is 2.18. The summed E-state index contributed by atoms with van der Waals surface area (Å²) < 4.78 is 7.86. The molecule has 0 aliphatic heterocycles. The summed E-state index contributed by atoms with van der Waals surface area (Å²) >= 11 is 1.83. The summed E-state index contributed by atoms with van der Waals surface area (Å²) in [5, 5.41) is 18.8. The van der Waals surface area contributed by atoms with E-state index in [1.165, 1.54) is 23.4 Å². The average molecular weight is 377 g/mol. The van der Waals surface area contributed by atoms with Crippen molar-refractivity contribution in [1.29, 1.82) is 0 Å². The van der Waals surface area contributed by atoms with E-state index in [1.807, 2.05) is 22.2 Å². The smallest absolute Gasteiger partial charge is 0.115 e. The molecule has 6 nitrogen and oxygen atoms in total. The second-order valence-corrected chi connectivity index (χ2v) is 9.04. The van der Waals surface area contributed by atoms with Gasteiger partial charge in [0.05, 0.1) is 31.1 Å². The fourth-order valence-corrected chi connectivity index (χ4v) is 5.24. The third kappa shape index (κ3) is 4.32. The number of aliphatic hydroxyl groups is 1. The second-order valence-electron chi connectivity index (χ2n) is 7.87. The fourth-order valence-electron chi connectivity index (χ4n) is 3.97. The van der Waals surface area contributed by atoms with Gasteiger partial charge in [0.1, 0.15) is 10.7 Å². The van der Waals surface area contributed by atoms with Crippen molar-refractivity contribution in [2.45, 2.75) is 71.1 Å². The highest BCUT2D eigenvalue weighted by atomic mass is 32.1. The molecule has 1 atom stereocenters. The first-order chi connectivity index (χ1) is 12.7. The summed E-state index contributed by atoms with van der Waals surface area (Å²) in [7, 11) is 0. The molecule has 1 N–H and O–H groups in total. The molecule has 4 rings (SSSR count). The summed E-state index contributed by atoms with van der Waals surface area (Å²) in [4.78, 5) is 6.26. The van der Waals surface area contributed by atoms with Gasteiger partial charge >= 0.3 is 0 Å². The number of thiazole rings is 1. The summed E-state index contributed by atoms with van der Waals surface area (Å²) in [6, 6.07) is 0. The van der Waals surface area contributed by atoms with E-state index in [1.54, 1.807) is 0 Å². The minimum Gasteiger partial charge on any atom is -0.396 e.